The quantitative estimate of drug-likeness (QED) is 0.817. The largest absolute Gasteiger partial charge is 0.496 e. The molecule has 0 aliphatic carbocycles. The number of nitrogens with zero attached hydrogens (tertiary/aromatic N) is 2. The molecule has 0 aromatic heterocycles. The highest BCUT2D eigenvalue weighted by atomic mass is 16.5. The Bertz CT molecular complexity index is 776. The molecule has 1 heterocycles. The van der Waals surface area contributed by atoms with Crippen molar-refractivity contribution >= 4 is 11.8 Å². The SMILES string of the molecule is COc1ccccc1CC(=O)N1CCCN(C(=O)Cc2ccccc2)CC1. The van der Waals surface area contributed by atoms with E-state index < -0.39 is 0 Å². The highest BCUT2D eigenvalue weighted by Crippen LogP contribution is 2.19. The topological polar surface area (TPSA) is 49.9 Å². The summed E-state index contributed by atoms with van der Waals surface area (Å²) < 4.78 is 5.34. The number of benzene rings is 2. The summed E-state index contributed by atoms with van der Waals surface area (Å²) >= 11 is 0. The van der Waals surface area contributed by atoms with Crippen LogP contribution in [-0.4, -0.2) is 54.9 Å². The van der Waals surface area contributed by atoms with Gasteiger partial charge >= 0.3 is 0 Å². The lowest BCUT2D eigenvalue weighted by molar-refractivity contribution is -0.132. The van der Waals surface area contributed by atoms with E-state index in [2.05, 4.69) is 0 Å². The molecular weight excluding hydrogens is 340 g/mol. The molecule has 0 radical (unpaired) electrons. The third-order valence-corrected chi connectivity index (χ3v) is 4.93. The predicted octanol–water partition coefficient (Wildman–Crippen LogP) is 2.54. The summed E-state index contributed by atoms with van der Waals surface area (Å²) in [5.74, 6) is 0.942. The second-order valence-electron chi connectivity index (χ2n) is 6.77. The molecule has 0 bridgehead atoms. The van der Waals surface area contributed by atoms with E-state index in [0.29, 0.717) is 39.0 Å². The summed E-state index contributed by atoms with van der Waals surface area (Å²) in [6.07, 6.45) is 1.54. The molecule has 0 atom stereocenters. The van der Waals surface area contributed by atoms with E-state index in [1.165, 1.54) is 0 Å². The van der Waals surface area contributed by atoms with E-state index in [9.17, 15) is 9.59 Å². The summed E-state index contributed by atoms with van der Waals surface area (Å²) in [4.78, 5) is 29.0. The van der Waals surface area contributed by atoms with Crippen molar-refractivity contribution in [2.75, 3.05) is 33.3 Å². The minimum absolute atomic E-state index is 0.0804. The van der Waals surface area contributed by atoms with Gasteiger partial charge in [-0.05, 0) is 18.1 Å². The zero-order valence-electron chi connectivity index (χ0n) is 15.8. The molecule has 0 unspecified atom stereocenters. The monoisotopic (exact) mass is 366 g/mol. The van der Waals surface area contributed by atoms with Crippen LogP contribution in [0, 0.1) is 0 Å². The number of methoxy groups -OCH3 is 1. The van der Waals surface area contributed by atoms with Crippen molar-refractivity contribution in [1.82, 2.24) is 9.80 Å². The molecule has 5 nitrogen and oxygen atoms in total. The number of carbonyl (C=O) groups excluding carboxylic acids is 2. The molecule has 2 amide bonds. The molecule has 0 spiro atoms. The summed E-state index contributed by atoms with van der Waals surface area (Å²) in [6.45, 7) is 2.55. The Hall–Kier alpha value is -2.82. The fourth-order valence-electron chi connectivity index (χ4n) is 3.42. The van der Waals surface area contributed by atoms with Gasteiger partial charge in [0, 0.05) is 31.7 Å². The van der Waals surface area contributed by atoms with Crippen molar-refractivity contribution < 1.29 is 14.3 Å². The van der Waals surface area contributed by atoms with Crippen LogP contribution in [0.3, 0.4) is 0 Å². The molecule has 5 heteroatoms. The second-order valence-corrected chi connectivity index (χ2v) is 6.77. The van der Waals surface area contributed by atoms with E-state index in [4.69, 9.17) is 4.74 Å². The van der Waals surface area contributed by atoms with E-state index in [1.807, 2.05) is 64.4 Å². The van der Waals surface area contributed by atoms with Gasteiger partial charge in [0.05, 0.1) is 20.0 Å². The highest BCUT2D eigenvalue weighted by Gasteiger charge is 2.22. The number of amides is 2. The van der Waals surface area contributed by atoms with Gasteiger partial charge in [-0.15, -0.1) is 0 Å². The van der Waals surface area contributed by atoms with Gasteiger partial charge in [-0.25, -0.2) is 0 Å². The van der Waals surface area contributed by atoms with Gasteiger partial charge in [-0.2, -0.15) is 0 Å². The molecule has 1 fully saturated rings. The third kappa shape index (κ3) is 5.09. The molecule has 1 aliphatic heterocycles. The van der Waals surface area contributed by atoms with Crippen molar-refractivity contribution in [3.63, 3.8) is 0 Å². The van der Waals surface area contributed by atoms with E-state index in [1.54, 1.807) is 7.11 Å². The molecule has 2 aromatic rings. The number of carbonyl (C=O) groups is 2. The van der Waals surface area contributed by atoms with Crippen molar-refractivity contribution in [2.24, 2.45) is 0 Å². The molecule has 142 valence electrons. The standard InChI is InChI=1S/C22H26N2O3/c1-27-20-11-6-5-10-19(20)17-22(26)24-13-7-12-23(14-15-24)21(25)16-18-8-3-2-4-9-18/h2-6,8-11H,7,12-17H2,1H3. The molecule has 0 N–H and O–H groups in total. The predicted molar refractivity (Wildman–Crippen MR) is 105 cm³/mol. The van der Waals surface area contributed by atoms with Gasteiger partial charge in [0.15, 0.2) is 0 Å². The molecule has 0 saturated carbocycles. The normalized spacial score (nSPS) is 14.6. The molecule has 2 aromatic carbocycles. The Kier molecular flexibility index (Phi) is 6.47. The van der Waals surface area contributed by atoms with Crippen LogP contribution in [0.5, 0.6) is 5.75 Å². The van der Waals surface area contributed by atoms with E-state index >= 15 is 0 Å². The lowest BCUT2D eigenvalue weighted by Gasteiger charge is -2.22. The highest BCUT2D eigenvalue weighted by molar-refractivity contribution is 5.80. The van der Waals surface area contributed by atoms with Crippen LogP contribution in [0.2, 0.25) is 0 Å². The Morgan fingerprint density at radius 2 is 1.41 bits per heavy atom. The van der Waals surface area contributed by atoms with E-state index in [-0.39, 0.29) is 11.8 Å². The van der Waals surface area contributed by atoms with Gasteiger partial charge < -0.3 is 14.5 Å². The summed E-state index contributed by atoms with van der Waals surface area (Å²) in [6, 6.07) is 17.4. The first-order valence-electron chi connectivity index (χ1n) is 9.38. The maximum Gasteiger partial charge on any atom is 0.227 e. The number of hydrogen-bond donors (Lipinski definition) is 0. The third-order valence-electron chi connectivity index (χ3n) is 4.93. The number of ether oxygens (including phenoxy) is 1. The zero-order chi connectivity index (χ0) is 19.1. The summed E-state index contributed by atoms with van der Waals surface area (Å²) in [5.41, 5.74) is 1.92. The van der Waals surface area contributed by atoms with E-state index in [0.717, 1.165) is 23.3 Å². The molecule has 1 aliphatic rings. The molecule has 27 heavy (non-hydrogen) atoms. The minimum atomic E-state index is 0.0804. The Balaban J connectivity index is 1.56. The smallest absolute Gasteiger partial charge is 0.227 e. The Morgan fingerprint density at radius 3 is 2.07 bits per heavy atom. The van der Waals surface area contributed by atoms with Gasteiger partial charge in [-0.1, -0.05) is 48.5 Å². The van der Waals surface area contributed by atoms with Gasteiger partial charge in [-0.3, -0.25) is 9.59 Å². The average Bonchev–Trinajstić information content (AvgIpc) is 2.95. The van der Waals surface area contributed by atoms with Crippen molar-refractivity contribution in [2.45, 2.75) is 19.3 Å². The zero-order valence-corrected chi connectivity index (χ0v) is 15.8. The fraction of sp³-hybridized carbons (Fsp3) is 0.364. The van der Waals surface area contributed by atoms with Crippen LogP contribution in [0.15, 0.2) is 54.6 Å². The van der Waals surface area contributed by atoms with Gasteiger partial charge in [0.1, 0.15) is 5.75 Å². The first-order valence-corrected chi connectivity index (χ1v) is 9.38. The maximum absolute atomic E-state index is 12.7. The fourth-order valence-corrected chi connectivity index (χ4v) is 3.42. The van der Waals surface area contributed by atoms with Crippen molar-refractivity contribution in [3.05, 3.63) is 65.7 Å². The maximum atomic E-state index is 12.7. The van der Waals surface area contributed by atoms with Crippen LogP contribution >= 0.6 is 0 Å². The average molecular weight is 366 g/mol. The Morgan fingerprint density at radius 1 is 0.815 bits per heavy atom. The minimum Gasteiger partial charge on any atom is -0.496 e. The van der Waals surface area contributed by atoms with Crippen LogP contribution in [-0.2, 0) is 22.4 Å². The van der Waals surface area contributed by atoms with Crippen LogP contribution in [0.1, 0.15) is 17.5 Å². The first-order chi connectivity index (χ1) is 13.2. The number of rotatable bonds is 5. The molecule has 3 rings (SSSR count). The number of para-hydroxylation sites is 1. The van der Waals surface area contributed by atoms with Gasteiger partial charge in [0.2, 0.25) is 11.8 Å². The van der Waals surface area contributed by atoms with Gasteiger partial charge in [0.25, 0.3) is 0 Å². The van der Waals surface area contributed by atoms with Crippen LogP contribution in [0.4, 0.5) is 0 Å². The summed E-state index contributed by atoms with van der Waals surface area (Å²) in [7, 11) is 1.62. The van der Waals surface area contributed by atoms with Crippen molar-refractivity contribution in [1.29, 1.82) is 0 Å². The Labute approximate surface area is 160 Å². The number of hydrogen-bond acceptors (Lipinski definition) is 3. The lowest BCUT2D eigenvalue weighted by atomic mass is 10.1. The lowest BCUT2D eigenvalue weighted by Crippen LogP contribution is -2.38. The molecular formula is C22H26N2O3. The van der Waals surface area contributed by atoms with Crippen molar-refractivity contribution in [3.8, 4) is 5.75 Å². The first kappa shape index (κ1) is 19.0. The van der Waals surface area contributed by atoms with Crippen LogP contribution in [0.25, 0.3) is 0 Å². The summed E-state index contributed by atoms with van der Waals surface area (Å²) in [5, 5.41) is 0. The second kappa shape index (κ2) is 9.21. The van der Waals surface area contributed by atoms with Crippen LogP contribution < -0.4 is 4.74 Å². The molecule has 1 saturated heterocycles.